The van der Waals surface area contributed by atoms with Crippen LogP contribution in [0.3, 0.4) is 0 Å². The Morgan fingerprint density at radius 3 is 2.64 bits per heavy atom. The first-order valence-corrected chi connectivity index (χ1v) is 3.79. The van der Waals surface area contributed by atoms with E-state index in [1.165, 1.54) is 0 Å². The lowest BCUT2D eigenvalue weighted by Crippen LogP contribution is -1.98. The van der Waals surface area contributed by atoms with Crippen LogP contribution < -0.4 is 0 Å². The van der Waals surface area contributed by atoms with Crippen LogP contribution in [0, 0.1) is 19.8 Å². The van der Waals surface area contributed by atoms with E-state index in [1.54, 1.807) is 6.20 Å². The maximum atomic E-state index is 4.22. The summed E-state index contributed by atoms with van der Waals surface area (Å²) in [7, 11) is 0. The molecule has 0 aromatic carbocycles. The largest absolute Gasteiger partial charge is 0.258 e. The first-order valence-electron chi connectivity index (χ1n) is 3.79. The summed E-state index contributed by atoms with van der Waals surface area (Å²) in [6, 6.07) is 0. The van der Waals surface area contributed by atoms with Crippen molar-refractivity contribution < 1.29 is 0 Å². The topological polar surface area (TPSA) is 25.8 Å². The molecule has 0 amide bonds. The second-order valence-corrected chi connectivity index (χ2v) is 2.96. The maximum Gasteiger partial charge on any atom is 0.0589 e. The summed E-state index contributed by atoms with van der Waals surface area (Å²) in [6.45, 7) is 7.89. The Hall–Kier alpha value is -0.920. The monoisotopic (exact) mass is 149 g/mol. The van der Waals surface area contributed by atoms with Crippen molar-refractivity contribution in [2.75, 3.05) is 0 Å². The van der Waals surface area contributed by atoms with Crippen LogP contribution in [0.5, 0.6) is 0 Å². The van der Waals surface area contributed by atoms with E-state index in [0.717, 1.165) is 17.8 Å². The molecule has 1 rings (SSSR count). The molecule has 0 aliphatic heterocycles. The molecule has 0 N–H and O–H groups in total. The number of aryl methyl sites for hydroxylation is 1. The number of hydrogen-bond donors (Lipinski definition) is 0. The number of hydrogen-bond acceptors (Lipinski definition) is 2. The molecule has 1 aromatic rings. The highest BCUT2D eigenvalue weighted by atomic mass is 14.8. The van der Waals surface area contributed by atoms with Crippen LogP contribution >= 0.6 is 0 Å². The molecule has 0 saturated heterocycles. The molecule has 1 radical (unpaired) electrons. The summed E-state index contributed by atoms with van der Waals surface area (Å²) in [5.41, 5.74) is 1.99. The fourth-order valence-electron chi connectivity index (χ4n) is 0.882. The third kappa shape index (κ3) is 2.66. The molecule has 59 valence electrons. The maximum absolute atomic E-state index is 4.22. The first-order chi connectivity index (χ1) is 5.18. The SMILES string of the molecule is [CH2]C(C)Cc1cnc(C)cn1. The third-order valence-electron chi connectivity index (χ3n) is 1.39. The Balaban J connectivity index is 2.66. The lowest BCUT2D eigenvalue weighted by atomic mass is 10.1. The lowest BCUT2D eigenvalue weighted by molar-refractivity contribution is 0.698. The molecular formula is C9H13N2. The molecule has 0 aliphatic rings. The fourth-order valence-corrected chi connectivity index (χ4v) is 0.882. The summed E-state index contributed by atoms with van der Waals surface area (Å²) in [6.07, 6.45) is 4.52. The Labute approximate surface area is 67.7 Å². The first kappa shape index (κ1) is 8.18. The molecule has 0 fully saturated rings. The van der Waals surface area contributed by atoms with E-state index < -0.39 is 0 Å². The van der Waals surface area contributed by atoms with E-state index in [-0.39, 0.29) is 0 Å². The van der Waals surface area contributed by atoms with Gasteiger partial charge >= 0.3 is 0 Å². The smallest absolute Gasteiger partial charge is 0.0589 e. The summed E-state index contributed by atoms with van der Waals surface area (Å²) >= 11 is 0. The van der Waals surface area contributed by atoms with E-state index >= 15 is 0 Å². The Bertz CT molecular complexity index is 214. The molecule has 0 saturated carbocycles. The molecule has 1 atom stereocenters. The van der Waals surface area contributed by atoms with E-state index in [0.29, 0.717) is 5.92 Å². The molecule has 1 aromatic heterocycles. The Morgan fingerprint density at radius 1 is 1.45 bits per heavy atom. The zero-order valence-corrected chi connectivity index (χ0v) is 7.04. The van der Waals surface area contributed by atoms with E-state index in [9.17, 15) is 0 Å². The molecule has 11 heavy (non-hydrogen) atoms. The Morgan fingerprint density at radius 2 is 2.18 bits per heavy atom. The Kier molecular flexibility index (Phi) is 2.58. The van der Waals surface area contributed by atoms with Crippen molar-refractivity contribution in [1.82, 2.24) is 9.97 Å². The van der Waals surface area contributed by atoms with Gasteiger partial charge < -0.3 is 0 Å². The van der Waals surface area contributed by atoms with Gasteiger partial charge in [-0.05, 0) is 19.3 Å². The van der Waals surface area contributed by atoms with Gasteiger partial charge in [-0.3, -0.25) is 9.97 Å². The van der Waals surface area contributed by atoms with Crippen LogP contribution in [0.25, 0.3) is 0 Å². The van der Waals surface area contributed by atoms with Crippen molar-refractivity contribution in [3.8, 4) is 0 Å². The summed E-state index contributed by atoms with van der Waals surface area (Å²) in [5.74, 6) is 0.409. The third-order valence-corrected chi connectivity index (χ3v) is 1.39. The molecule has 2 heteroatoms. The van der Waals surface area contributed by atoms with Crippen LogP contribution in [0.4, 0.5) is 0 Å². The van der Waals surface area contributed by atoms with Crippen molar-refractivity contribution >= 4 is 0 Å². The van der Waals surface area contributed by atoms with Gasteiger partial charge in [-0.2, -0.15) is 0 Å². The average molecular weight is 149 g/mol. The van der Waals surface area contributed by atoms with Crippen LogP contribution in [0.2, 0.25) is 0 Å². The van der Waals surface area contributed by atoms with Gasteiger partial charge in [0, 0.05) is 12.4 Å². The van der Waals surface area contributed by atoms with E-state index in [4.69, 9.17) is 0 Å². The van der Waals surface area contributed by atoms with Gasteiger partial charge in [-0.15, -0.1) is 0 Å². The van der Waals surface area contributed by atoms with Crippen molar-refractivity contribution in [3.63, 3.8) is 0 Å². The number of nitrogens with zero attached hydrogens (tertiary/aromatic N) is 2. The van der Waals surface area contributed by atoms with Gasteiger partial charge in [-0.1, -0.05) is 13.8 Å². The highest BCUT2D eigenvalue weighted by Gasteiger charge is 1.98. The summed E-state index contributed by atoms with van der Waals surface area (Å²) in [4.78, 5) is 8.36. The predicted octanol–water partition coefficient (Wildman–Crippen LogP) is 1.80. The van der Waals surface area contributed by atoms with Crippen molar-refractivity contribution in [2.45, 2.75) is 20.3 Å². The van der Waals surface area contributed by atoms with Crippen LogP contribution in [-0.4, -0.2) is 9.97 Å². The molecular weight excluding hydrogens is 136 g/mol. The van der Waals surface area contributed by atoms with Crippen LogP contribution in [0.15, 0.2) is 12.4 Å². The molecule has 0 aliphatic carbocycles. The predicted molar refractivity (Wildman–Crippen MR) is 45.0 cm³/mol. The van der Waals surface area contributed by atoms with Crippen molar-refractivity contribution in [2.24, 2.45) is 5.92 Å². The van der Waals surface area contributed by atoms with Gasteiger partial charge in [-0.25, -0.2) is 0 Å². The summed E-state index contributed by atoms with van der Waals surface area (Å²) in [5, 5.41) is 0. The number of aromatic nitrogens is 2. The van der Waals surface area contributed by atoms with Gasteiger partial charge in [0.25, 0.3) is 0 Å². The van der Waals surface area contributed by atoms with E-state index in [2.05, 4.69) is 23.8 Å². The standard InChI is InChI=1S/C9H13N2/c1-7(2)4-9-6-10-8(3)5-11-9/h5-7H,1,4H2,2-3H3. The van der Waals surface area contributed by atoms with Crippen LogP contribution in [-0.2, 0) is 6.42 Å². The minimum absolute atomic E-state index is 0.409. The molecule has 0 spiro atoms. The highest BCUT2D eigenvalue weighted by molar-refractivity contribution is 5.01. The highest BCUT2D eigenvalue weighted by Crippen LogP contribution is 2.02. The van der Waals surface area contributed by atoms with E-state index in [1.807, 2.05) is 13.1 Å². The van der Waals surface area contributed by atoms with Crippen molar-refractivity contribution in [3.05, 3.63) is 30.7 Å². The second-order valence-electron chi connectivity index (χ2n) is 2.96. The molecule has 2 nitrogen and oxygen atoms in total. The zero-order valence-electron chi connectivity index (χ0n) is 7.04. The second kappa shape index (κ2) is 3.46. The minimum Gasteiger partial charge on any atom is -0.258 e. The fraction of sp³-hybridized carbons (Fsp3) is 0.444. The molecule has 1 heterocycles. The normalized spacial score (nSPS) is 10.5. The van der Waals surface area contributed by atoms with Gasteiger partial charge in [0.15, 0.2) is 0 Å². The zero-order chi connectivity index (χ0) is 8.27. The quantitative estimate of drug-likeness (QED) is 0.640. The van der Waals surface area contributed by atoms with Crippen molar-refractivity contribution in [1.29, 1.82) is 0 Å². The van der Waals surface area contributed by atoms with Gasteiger partial charge in [0.05, 0.1) is 11.4 Å². The minimum atomic E-state index is 0.409. The summed E-state index contributed by atoms with van der Waals surface area (Å²) < 4.78 is 0. The lowest BCUT2D eigenvalue weighted by Gasteiger charge is -2.02. The van der Waals surface area contributed by atoms with Gasteiger partial charge in [0.1, 0.15) is 0 Å². The molecule has 1 unspecified atom stereocenters. The molecule has 0 bridgehead atoms. The van der Waals surface area contributed by atoms with Gasteiger partial charge in [0.2, 0.25) is 0 Å². The average Bonchev–Trinajstić information content (AvgIpc) is 1.93. The number of rotatable bonds is 2. The van der Waals surface area contributed by atoms with Crippen LogP contribution in [0.1, 0.15) is 18.3 Å².